The highest BCUT2D eigenvalue weighted by atomic mass is 79.9. The summed E-state index contributed by atoms with van der Waals surface area (Å²) in [6.07, 6.45) is 1.13. The summed E-state index contributed by atoms with van der Waals surface area (Å²) < 4.78 is 6.31. The molecule has 1 aromatic rings. The summed E-state index contributed by atoms with van der Waals surface area (Å²) in [5.41, 5.74) is 0.561. The number of carbonyl (C=O) groups is 1. The SMILES string of the molecule is CC(=O)c1cc(Br)ccc1OCCCC#N. The molecule has 0 spiro atoms. The lowest BCUT2D eigenvalue weighted by Gasteiger charge is -2.09. The zero-order valence-corrected chi connectivity index (χ0v) is 10.6. The number of Topliss-reactive ketones (excluding diaryl/α,β-unsaturated/α-hetero) is 1. The molecule has 0 radical (unpaired) electrons. The first-order valence-electron chi connectivity index (χ1n) is 4.95. The molecule has 0 bridgehead atoms. The van der Waals surface area contributed by atoms with Crippen LogP contribution in [0.25, 0.3) is 0 Å². The van der Waals surface area contributed by atoms with Gasteiger partial charge in [-0.05, 0) is 31.5 Å². The van der Waals surface area contributed by atoms with E-state index < -0.39 is 0 Å². The molecule has 0 saturated heterocycles. The first-order valence-corrected chi connectivity index (χ1v) is 5.74. The van der Waals surface area contributed by atoms with Crippen LogP contribution in [0.3, 0.4) is 0 Å². The molecule has 1 rings (SSSR count). The van der Waals surface area contributed by atoms with Gasteiger partial charge in [-0.15, -0.1) is 0 Å². The van der Waals surface area contributed by atoms with E-state index in [1.165, 1.54) is 6.92 Å². The van der Waals surface area contributed by atoms with Crippen LogP contribution in [0.2, 0.25) is 0 Å². The number of benzene rings is 1. The zero-order valence-electron chi connectivity index (χ0n) is 9.00. The summed E-state index contributed by atoms with van der Waals surface area (Å²) in [4.78, 5) is 11.4. The molecule has 0 aliphatic rings. The van der Waals surface area contributed by atoms with Gasteiger partial charge in [0, 0.05) is 10.9 Å². The molecule has 0 aliphatic carbocycles. The maximum Gasteiger partial charge on any atom is 0.163 e. The number of unbranched alkanes of at least 4 members (excludes halogenated alkanes) is 1. The summed E-state index contributed by atoms with van der Waals surface area (Å²) in [7, 11) is 0. The lowest BCUT2D eigenvalue weighted by atomic mass is 10.1. The normalized spacial score (nSPS) is 9.56. The molecular weight excluding hydrogens is 270 g/mol. The van der Waals surface area contributed by atoms with Crippen molar-refractivity contribution < 1.29 is 9.53 Å². The number of ketones is 1. The first kappa shape index (κ1) is 12.7. The second kappa shape index (κ2) is 6.29. The quantitative estimate of drug-likeness (QED) is 0.614. The molecule has 0 unspecified atom stereocenters. The van der Waals surface area contributed by atoms with Gasteiger partial charge in [-0.1, -0.05) is 15.9 Å². The van der Waals surface area contributed by atoms with Crippen LogP contribution in [-0.2, 0) is 0 Å². The molecule has 0 heterocycles. The molecule has 0 aliphatic heterocycles. The molecule has 0 saturated carbocycles. The van der Waals surface area contributed by atoms with Gasteiger partial charge in [0.05, 0.1) is 18.2 Å². The van der Waals surface area contributed by atoms with Gasteiger partial charge < -0.3 is 4.74 Å². The molecule has 3 nitrogen and oxygen atoms in total. The molecular formula is C12H12BrNO2. The lowest BCUT2D eigenvalue weighted by molar-refractivity contribution is 0.101. The van der Waals surface area contributed by atoms with E-state index in [0.717, 1.165) is 4.47 Å². The van der Waals surface area contributed by atoms with Crippen molar-refractivity contribution >= 4 is 21.7 Å². The fraction of sp³-hybridized carbons (Fsp3) is 0.333. The largest absolute Gasteiger partial charge is 0.493 e. The van der Waals surface area contributed by atoms with Crippen LogP contribution in [0.1, 0.15) is 30.1 Å². The summed E-state index contributed by atoms with van der Waals surface area (Å²) in [5.74, 6) is 0.547. The van der Waals surface area contributed by atoms with Crippen LogP contribution in [0.5, 0.6) is 5.75 Å². The standard InChI is InChI=1S/C12H12BrNO2/c1-9(15)11-8-10(13)4-5-12(11)16-7-3-2-6-14/h4-5,8H,2-3,7H2,1H3. The molecule has 0 amide bonds. The van der Waals surface area contributed by atoms with Crippen molar-refractivity contribution in [1.29, 1.82) is 5.26 Å². The Morgan fingerprint density at radius 3 is 2.94 bits per heavy atom. The van der Waals surface area contributed by atoms with Gasteiger partial charge in [-0.3, -0.25) is 4.79 Å². The molecule has 0 N–H and O–H groups in total. The van der Waals surface area contributed by atoms with Gasteiger partial charge in [0.25, 0.3) is 0 Å². The Bertz CT molecular complexity index is 424. The third-order valence-corrected chi connectivity index (χ3v) is 2.50. The molecule has 4 heteroatoms. The highest BCUT2D eigenvalue weighted by molar-refractivity contribution is 9.10. The molecule has 0 atom stereocenters. The van der Waals surface area contributed by atoms with E-state index in [-0.39, 0.29) is 5.78 Å². The number of carbonyl (C=O) groups excluding carboxylic acids is 1. The molecule has 16 heavy (non-hydrogen) atoms. The van der Waals surface area contributed by atoms with Crippen LogP contribution >= 0.6 is 15.9 Å². The summed E-state index contributed by atoms with van der Waals surface area (Å²) in [6, 6.07) is 7.37. The predicted molar refractivity (Wildman–Crippen MR) is 64.5 cm³/mol. The predicted octanol–water partition coefficient (Wildman–Crippen LogP) is 3.33. The number of ether oxygens (including phenoxy) is 1. The Balaban J connectivity index is 2.72. The van der Waals surface area contributed by atoms with Gasteiger partial charge in [0.15, 0.2) is 5.78 Å². The third-order valence-electron chi connectivity index (χ3n) is 2.01. The van der Waals surface area contributed by atoms with Crippen molar-refractivity contribution in [3.8, 4) is 11.8 Å². The van der Waals surface area contributed by atoms with Crippen molar-refractivity contribution in [2.24, 2.45) is 0 Å². The van der Waals surface area contributed by atoms with Crippen LogP contribution in [0.4, 0.5) is 0 Å². The fourth-order valence-corrected chi connectivity index (χ4v) is 1.60. The minimum Gasteiger partial charge on any atom is -0.493 e. The number of nitriles is 1. The highest BCUT2D eigenvalue weighted by Crippen LogP contribution is 2.23. The third kappa shape index (κ3) is 3.67. The van der Waals surface area contributed by atoms with Crippen molar-refractivity contribution in [1.82, 2.24) is 0 Å². The summed E-state index contributed by atoms with van der Waals surface area (Å²) in [5, 5.41) is 8.38. The van der Waals surface area contributed by atoms with Gasteiger partial charge >= 0.3 is 0 Å². The van der Waals surface area contributed by atoms with Crippen LogP contribution in [0, 0.1) is 11.3 Å². The van der Waals surface area contributed by atoms with Gasteiger partial charge in [-0.25, -0.2) is 0 Å². The highest BCUT2D eigenvalue weighted by Gasteiger charge is 2.08. The zero-order chi connectivity index (χ0) is 12.0. The van der Waals surface area contributed by atoms with E-state index in [1.807, 2.05) is 12.1 Å². The Morgan fingerprint density at radius 1 is 1.56 bits per heavy atom. The summed E-state index contributed by atoms with van der Waals surface area (Å²) >= 11 is 3.31. The van der Waals surface area contributed by atoms with Crippen molar-refractivity contribution in [3.05, 3.63) is 28.2 Å². The van der Waals surface area contributed by atoms with Gasteiger partial charge in [-0.2, -0.15) is 5.26 Å². The fourth-order valence-electron chi connectivity index (χ4n) is 1.24. The number of rotatable bonds is 5. The van der Waals surface area contributed by atoms with E-state index in [2.05, 4.69) is 15.9 Å². The van der Waals surface area contributed by atoms with Crippen LogP contribution in [-0.4, -0.2) is 12.4 Å². The van der Waals surface area contributed by atoms with Crippen molar-refractivity contribution in [2.75, 3.05) is 6.61 Å². The number of hydrogen-bond acceptors (Lipinski definition) is 3. The average Bonchev–Trinajstić information content (AvgIpc) is 2.26. The Labute approximate surface area is 103 Å². The second-order valence-corrected chi connectivity index (χ2v) is 4.22. The number of hydrogen-bond donors (Lipinski definition) is 0. The van der Waals surface area contributed by atoms with Gasteiger partial charge in [0.1, 0.15) is 5.75 Å². The molecule has 1 aromatic carbocycles. The van der Waals surface area contributed by atoms with Crippen LogP contribution in [0.15, 0.2) is 22.7 Å². The Morgan fingerprint density at radius 2 is 2.31 bits per heavy atom. The molecule has 0 fully saturated rings. The van der Waals surface area contributed by atoms with Crippen molar-refractivity contribution in [2.45, 2.75) is 19.8 Å². The van der Waals surface area contributed by atoms with E-state index in [0.29, 0.717) is 30.8 Å². The Kier molecular flexibility index (Phi) is 5.00. The van der Waals surface area contributed by atoms with Gasteiger partial charge in [0.2, 0.25) is 0 Å². The van der Waals surface area contributed by atoms with E-state index in [9.17, 15) is 4.79 Å². The van der Waals surface area contributed by atoms with E-state index in [4.69, 9.17) is 10.00 Å². The monoisotopic (exact) mass is 281 g/mol. The number of halogens is 1. The van der Waals surface area contributed by atoms with Crippen molar-refractivity contribution in [3.63, 3.8) is 0 Å². The lowest BCUT2D eigenvalue weighted by Crippen LogP contribution is -2.02. The van der Waals surface area contributed by atoms with E-state index in [1.54, 1.807) is 12.1 Å². The minimum absolute atomic E-state index is 0.0309. The summed E-state index contributed by atoms with van der Waals surface area (Å²) in [6.45, 7) is 1.96. The minimum atomic E-state index is -0.0309. The topological polar surface area (TPSA) is 50.1 Å². The first-order chi connectivity index (χ1) is 7.65. The smallest absolute Gasteiger partial charge is 0.163 e. The molecule has 0 aromatic heterocycles. The Hall–Kier alpha value is -1.34. The average molecular weight is 282 g/mol. The second-order valence-electron chi connectivity index (χ2n) is 3.31. The molecule has 84 valence electrons. The maximum absolute atomic E-state index is 11.4. The van der Waals surface area contributed by atoms with E-state index >= 15 is 0 Å². The van der Waals surface area contributed by atoms with Crippen LogP contribution < -0.4 is 4.74 Å². The number of nitrogens with zero attached hydrogens (tertiary/aromatic N) is 1. The maximum atomic E-state index is 11.4.